The van der Waals surface area contributed by atoms with Crippen LogP contribution in [0.2, 0.25) is 0 Å². The van der Waals surface area contributed by atoms with Gasteiger partial charge in [0.15, 0.2) is 0 Å². The van der Waals surface area contributed by atoms with Gasteiger partial charge in [-0.05, 0) is 18.1 Å². The normalized spacial score (nSPS) is 8.00. The number of aromatic nitrogens is 1. The van der Waals surface area contributed by atoms with E-state index in [1.54, 1.807) is 18.3 Å². The summed E-state index contributed by atoms with van der Waals surface area (Å²) in [5.74, 6) is 3.13. The zero-order valence-electron chi connectivity index (χ0n) is 5.33. The highest BCUT2D eigenvalue weighted by Gasteiger charge is 1.85. The summed E-state index contributed by atoms with van der Waals surface area (Å²) in [7, 11) is 0. The summed E-state index contributed by atoms with van der Waals surface area (Å²) < 4.78 is 0. The van der Waals surface area contributed by atoms with Crippen molar-refractivity contribution in [2.24, 2.45) is 5.73 Å². The molecule has 1 rings (SSSR count). The highest BCUT2D eigenvalue weighted by Crippen LogP contribution is 1.97. The molecule has 0 amide bonds. The van der Waals surface area contributed by atoms with Crippen LogP contribution in [0.3, 0.4) is 0 Å². The molecule has 0 fully saturated rings. The first kappa shape index (κ1) is 6.43. The summed E-state index contributed by atoms with van der Waals surface area (Å²) in [6.07, 6.45) is 1.58. The Labute approximate surface area is 59.1 Å². The molecule has 1 heterocycles. The van der Waals surface area contributed by atoms with E-state index in [0.717, 1.165) is 5.56 Å². The summed E-state index contributed by atoms with van der Waals surface area (Å²) in [5.41, 5.74) is 11.1. The Balaban J connectivity index is 2.97. The van der Waals surface area contributed by atoms with Crippen LogP contribution in [0.15, 0.2) is 18.3 Å². The third-order valence-corrected chi connectivity index (χ3v) is 1.00. The maximum atomic E-state index is 5.33. The Morgan fingerprint density at radius 3 is 2.70 bits per heavy atom. The van der Waals surface area contributed by atoms with Gasteiger partial charge < -0.3 is 11.5 Å². The predicted octanol–water partition coefficient (Wildman–Crippen LogP) is -0.0685. The minimum absolute atomic E-state index is 0.488. The van der Waals surface area contributed by atoms with Gasteiger partial charge in [0.1, 0.15) is 5.82 Å². The van der Waals surface area contributed by atoms with Gasteiger partial charge in [0.2, 0.25) is 0 Å². The third kappa shape index (κ3) is 1.39. The number of hydrogen-bond donors (Lipinski definition) is 2. The molecule has 0 spiro atoms. The van der Waals surface area contributed by atoms with Crippen LogP contribution in [0.25, 0.3) is 0 Å². The van der Waals surface area contributed by atoms with E-state index < -0.39 is 0 Å². The number of anilines is 1. The van der Waals surface area contributed by atoms with Crippen LogP contribution in [-0.4, -0.2) is 4.98 Å². The van der Waals surface area contributed by atoms with Crippen molar-refractivity contribution in [3.8, 4) is 12.0 Å². The molecule has 0 saturated carbocycles. The molecule has 1 aromatic heterocycles. The molecular weight excluding hydrogens is 126 g/mol. The van der Waals surface area contributed by atoms with Gasteiger partial charge in [0.25, 0.3) is 0 Å². The van der Waals surface area contributed by atoms with Crippen molar-refractivity contribution < 1.29 is 0 Å². The van der Waals surface area contributed by atoms with Crippen molar-refractivity contribution >= 4 is 5.82 Å². The average Bonchev–Trinajstić information content (AvgIpc) is 1.95. The second-order valence-electron chi connectivity index (χ2n) is 1.74. The summed E-state index contributed by atoms with van der Waals surface area (Å²) in [6, 6.07) is 5.72. The molecule has 50 valence electrons. The molecular formula is C7H7N3. The van der Waals surface area contributed by atoms with Crippen molar-refractivity contribution in [2.75, 3.05) is 5.73 Å². The van der Waals surface area contributed by atoms with E-state index >= 15 is 0 Å². The average molecular weight is 133 g/mol. The number of hydrogen-bond acceptors (Lipinski definition) is 3. The quantitative estimate of drug-likeness (QED) is 0.384. The van der Waals surface area contributed by atoms with Gasteiger partial charge in [-0.2, -0.15) is 0 Å². The zero-order valence-corrected chi connectivity index (χ0v) is 5.33. The highest BCUT2D eigenvalue weighted by atomic mass is 14.8. The van der Waals surface area contributed by atoms with Gasteiger partial charge in [0, 0.05) is 17.8 Å². The third-order valence-electron chi connectivity index (χ3n) is 1.00. The van der Waals surface area contributed by atoms with Crippen molar-refractivity contribution in [3.05, 3.63) is 23.9 Å². The van der Waals surface area contributed by atoms with E-state index in [-0.39, 0.29) is 0 Å². The number of nitrogens with two attached hydrogens (primary N) is 2. The van der Waals surface area contributed by atoms with E-state index in [1.807, 2.05) is 0 Å². The summed E-state index contributed by atoms with van der Waals surface area (Å²) in [4.78, 5) is 3.82. The minimum Gasteiger partial charge on any atom is -0.384 e. The second-order valence-corrected chi connectivity index (χ2v) is 1.74. The maximum Gasteiger partial charge on any atom is 0.123 e. The fraction of sp³-hybridized carbons (Fsp3) is 0. The van der Waals surface area contributed by atoms with Gasteiger partial charge in [-0.1, -0.05) is 0 Å². The fourth-order valence-electron chi connectivity index (χ4n) is 0.563. The molecule has 0 bridgehead atoms. The number of nitrogens with zero attached hydrogens (tertiary/aromatic N) is 1. The summed E-state index contributed by atoms with van der Waals surface area (Å²) in [6.45, 7) is 0. The smallest absolute Gasteiger partial charge is 0.123 e. The molecule has 0 aromatic carbocycles. The number of pyridine rings is 1. The molecule has 0 aliphatic rings. The first-order valence-electron chi connectivity index (χ1n) is 2.76. The lowest BCUT2D eigenvalue weighted by Crippen LogP contribution is -1.89. The number of nitrogen functional groups attached to an aromatic ring is 1. The van der Waals surface area contributed by atoms with Gasteiger partial charge in [-0.25, -0.2) is 4.98 Å². The van der Waals surface area contributed by atoms with Gasteiger partial charge in [0.05, 0.1) is 0 Å². The monoisotopic (exact) mass is 133 g/mol. The fourth-order valence-corrected chi connectivity index (χ4v) is 0.563. The SMILES string of the molecule is NC#Cc1ccc(N)nc1. The van der Waals surface area contributed by atoms with Gasteiger partial charge in [-0.3, -0.25) is 0 Å². The van der Waals surface area contributed by atoms with E-state index in [0.29, 0.717) is 5.82 Å². The Morgan fingerprint density at radius 2 is 2.20 bits per heavy atom. The van der Waals surface area contributed by atoms with Crippen molar-refractivity contribution in [2.45, 2.75) is 0 Å². The maximum absolute atomic E-state index is 5.33. The molecule has 10 heavy (non-hydrogen) atoms. The van der Waals surface area contributed by atoms with Gasteiger partial charge >= 0.3 is 0 Å². The van der Waals surface area contributed by atoms with Gasteiger partial charge in [-0.15, -0.1) is 0 Å². The van der Waals surface area contributed by atoms with Crippen molar-refractivity contribution in [1.29, 1.82) is 0 Å². The summed E-state index contributed by atoms with van der Waals surface area (Å²) >= 11 is 0. The predicted molar refractivity (Wildman–Crippen MR) is 39.7 cm³/mol. The van der Waals surface area contributed by atoms with E-state index in [1.165, 1.54) is 0 Å². The largest absolute Gasteiger partial charge is 0.384 e. The van der Waals surface area contributed by atoms with Crippen LogP contribution < -0.4 is 11.5 Å². The lowest BCUT2D eigenvalue weighted by Gasteiger charge is -1.89. The first-order chi connectivity index (χ1) is 4.83. The Kier molecular flexibility index (Phi) is 1.76. The van der Waals surface area contributed by atoms with Crippen LogP contribution in [0.1, 0.15) is 5.56 Å². The Morgan fingerprint density at radius 1 is 1.40 bits per heavy atom. The first-order valence-corrected chi connectivity index (χ1v) is 2.76. The molecule has 4 N–H and O–H groups in total. The second kappa shape index (κ2) is 2.74. The van der Waals surface area contributed by atoms with Crippen LogP contribution >= 0.6 is 0 Å². The molecule has 0 radical (unpaired) electrons. The molecule has 3 nitrogen and oxygen atoms in total. The Bertz CT molecular complexity index is 265. The zero-order chi connectivity index (χ0) is 7.40. The topological polar surface area (TPSA) is 64.9 Å². The molecule has 3 heteroatoms. The molecule has 0 aliphatic carbocycles. The number of rotatable bonds is 0. The molecule has 0 aliphatic heterocycles. The van der Waals surface area contributed by atoms with Crippen LogP contribution in [0, 0.1) is 12.0 Å². The van der Waals surface area contributed by atoms with Crippen LogP contribution in [0.5, 0.6) is 0 Å². The molecule has 0 unspecified atom stereocenters. The molecule has 1 aromatic rings. The minimum atomic E-state index is 0.488. The van der Waals surface area contributed by atoms with Crippen LogP contribution in [0.4, 0.5) is 5.82 Å². The lowest BCUT2D eigenvalue weighted by atomic mass is 10.3. The van der Waals surface area contributed by atoms with E-state index in [9.17, 15) is 0 Å². The lowest BCUT2D eigenvalue weighted by molar-refractivity contribution is 1.32. The highest BCUT2D eigenvalue weighted by molar-refractivity contribution is 5.37. The van der Waals surface area contributed by atoms with E-state index in [2.05, 4.69) is 16.9 Å². The molecule has 0 atom stereocenters. The van der Waals surface area contributed by atoms with Crippen LogP contribution in [-0.2, 0) is 0 Å². The van der Waals surface area contributed by atoms with E-state index in [4.69, 9.17) is 11.5 Å². The summed E-state index contributed by atoms with van der Waals surface area (Å²) in [5, 5.41) is 0. The molecule has 0 saturated heterocycles. The van der Waals surface area contributed by atoms with Crippen molar-refractivity contribution in [1.82, 2.24) is 4.98 Å². The standard InChI is InChI=1S/C7H7N3/c8-4-3-6-1-2-7(9)10-5-6/h1-2,5H,8H2,(H2,9,10). The Hall–Kier alpha value is -1.69. The van der Waals surface area contributed by atoms with Crippen molar-refractivity contribution in [3.63, 3.8) is 0 Å².